The van der Waals surface area contributed by atoms with Gasteiger partial charge >= 0.3 is 5.91 Å². The molecule has 192 valence electrons. The number of aliphatic hydroxyl groups excluding tert-OH is 1. The third-order valence-electron chi connectivity index (χ3n) is 6.60. The summed E-state index contributed by atoms with van der Waals surface area (Å²) in [7, 11) is 0. The van der Waals surface area contributed by atoms with Gasteiger partial charge in [0.1, 0.15) is 18.1 Å². The molecular weight excluding hydrogens is 496 g/mol. The van der Waals surface area contributed by atoms with Crippen molar-refractivity contribution < 1.29 is 19.4 Å². The van der Waals surface area contributed by atoms with Crippen molar-refractivity contribution in [1.29, 1.82) is 0 Å². The Morgan fingerprint density at radius 3 is 2.42 bits per heavy atom. The number of carbonyl (C=O) groups excluding carboxylic acids is 2. The van der Waals surface area contributed by atoms with Crippen LogP contribution in [-0.2, 0) is 16.2 Å². The van der Waals surface area contributed by atoms with Gasteiger partial charge in [-0.3, -0.25) is 14.5 Å². The van der Waals surface area contributed by atoms with E-state index in [-0.39, 0.29) is 11.3 Å². The first-order chi connectivity index (χ1) is 18.3. The molecular formula is C31H28N2O4S. The smallest absolute Gasteiger partial charge is 0.301 e. The molecule has 1 amide bonds. The molecule has 3 aromatic carbocycles. The Morgan fingerprint density at radius 1 is 1.05 bits per heavy atom. The molecule has 1 N–H and O–H groups in total. The first-order valence-corrected chi connectivity index (χ1v) is 13.3. The van der Waals surface area contributed by atoms with E-state index in [1.807, 2.05) is 49.4 Å². The predicted molar refractivity (Wildman–Crippen MR) is 149 cm³/mol. The summed E-state index contributed by atoms with van der Waals surface area (Å²) >= 11 is 1.27. The summed E-state index contributed by atoms with van der Waals surface area (Å²) < 4.78 is 5.90. The number of aliphatic hydroxyl groups is 1. The zero-order chi connectivity index (χ0) is 26.8. The first-order valence-electron chi connectivity index (χ1n) is 12.4. The minimum Gasteiger partial charge on any atom is -0.507 e. The molecule has 2 heterocycles. The summed E-state index contributed by atoms with van der Waals surface area (Å²) in [6, 6.07) is 22.0. The normalized spacial score (nSPS) is 16.8. The van der Waals surface area contributed by atoms with Crippen molar-refractivity contribution >= 4 is 33.9 Å². The third-order valence-corrected chi connectivity index (χ3v) is 7.38. The molecule has 1 saturated heterocycles. The third kappa shape index (κ3) is 4.97. The summed E-state index contributed by atoms with van der Waals surface area (Å²) in [4.78, 5) is 32.1. The molecule has 0 bridgehead atoms. The first kappa shape index (κ1) is 25.4. The highest BCUT2D eigenvalue weighted by atomic mass is 32.1. The molecule has 1 aliphatic heterocycles. The molecule has 1 fully saturated rings. The molecule has 1 aromatic heterocycles. The van der Waals surface area contributed by atoms with E-state index >= 15 is 0 Å². The highest BCUT2D eigenvalue weighted by Gasteiger charge is 2.47. The standard InChI is InChI=1S/C31H28N2O4S/c1-19(2)22-7-9-23(10-8-22)27-26(29(35)30(36)33(27)31-32-15-16-38-31)28(34)24-11-13-25(14-12-24)37-18-21-6-4-5-20(3)17-21/h4-17,19,27,34H,18H2,1-3H3/t27-/m1/s1. The Bertz CT molecular complexity index is 1490. The van der Waals surface area contributed by atoms with Crippen LogP contribution in [-0.4, -0.2) is 21.8 Å². The molecule has 0 unspecified atom stereocenters. The van der Waals surface area contributed by atoms with E-state index in [0.29, 0.717) is 29.0 Å². The van der Waals surface area contributed by atoms with Gasteiger partial charge in [0, 0.05) is 17.1 Å². The summed E-state index contributed by atoms with van der Waals surface area (Å²) in [6.07, 6.45) is 1.59. The summed E-state index contributed by atoms with van der Waals surface area (Å²) in [5.74, 6) is -0.716. The number of hydrogen-bond donors (Lipinski definition) is 1. The molecule has 5 rings (SSSR count). The van der Waals surface area contributed by atoms with Gasteiger partial charge in [0.25, 0.3) is 5.78 Å². The number of carbonyl (C=O) groups is 2. The van der Waals surface area contributed by atoms with E-state index in [4.69, 9.17) is 4.74 Å². The largest absolute Gasteiger partial charge is 0.507 e. The maximum Gasteiger partial charge on any atom is 0.301 e. The highest BCUT2D eigenvalue weighted by molar-refractivity contribution is 7.14. The second-order valence-electron chi connectivity index (χ2n) is 9.61. The zero-order valence-corrected chi connectivity index (χ0v) is 22.2. The summed E-state index contributed by atoms with van der Waals surface area (Å²) in [6.45, 7) is 6.65. The average molecular weight is 525 g/mol. The van der Waals surface area contributed by atoms with Crippen molar-refractivity contribution in [1.82, 2.24) is 4.98 Å². The van der Waals surface area contributed by atoms with Gasteiger partial charge in [0.15, 0.2) is 5.13 Å². The van der Waals surface area contributed by atoms with Crippen LogP contribution in [0.25, 0.3) is 5.76 Å². The molecule has 38 heavy (non-hydrogen) atoms. The SMILES string of the molecule is Cc1cccc(COc2ccc(C(O)=C3C(=O)C(=O)N(c4nccs4)[C@@H]3c3ccc(C(C)C)cc3)cc2)c1. The molecule has 1 aliphatic rings. The number of rotatable bonds is 7. The number of benzene rings is 3. The molecule has 0 radical (unpaired) electrons. The van der Waals surface area contributed by atoms with Crippen LogP contribution < -0.4 is 9.64 Å². The lowest BCUT2D eigenvalue weighted by molar-refractivity contribution is -0.132. The van der Waals surface area contributed by atoms with Crippen LogP contribution in [0.4, 0.5) is 5.13 Å². The van der Waals surface area contributed by atoms with E-state index in [1.165, 1.54) is 16.2 Å². The number of ether oxygens (including phenoxy) is 1. The quantitative estimate of drug-likeness (QED) is 0.164. The minimum atomic E-state index is -0.792. The van der Waals surface area contributed by atoms with Crippen molar-refractivity contribution in [2.45, 2.75) is 39.3 Å². The van der Waals surface area contributed by atoms with Crippen LogP contribution in [0.5, 0.6) is 5.75 Å². The van der Waals surface area contributed by atoms with Gasteiger partial charge in [0.2, 0.25) is 0 Å². The van der Waals surface area contributed by atoms with Crippen LogP contribution in [0.3, 0.4) is 0 Å². The predicted octanol–water partition coefficient (Wildman–Crippen LogP) is 6.78. The number of Topliss-reactive ketones (excluding diaryl/α,β-unsaturated/α-hetero) is 1. The Kier molecular flexibility index (Phi) is 7.11. The molecule has 6 nitrogen and oxygen atoms in total. The lowest BCUT2D eigenvalue weighted by Gasteiger charge is -2.23. The lowest BCUT2D eigenvalue weighted by Crippen LogP contribution is -2.29. The Morgan fingerprint density at radius 2 is 1.79 bits per heavy atom. The van der Waals surface area contributed by atoms with Crippen molar-refractivity contribution in [3.8, 4) is 5.75 Å². The van der Waals surface area contributed by atoms with Gasteiger partial charge in [-0.2, -0.15) is 0 Å². The van der Waals surface area contributed by atoms with E-state index in [0.717, 1.165) is 22.3 Å². The topological polar surface area (TPSA) is 79.7 Å². The van der Waals surface area contributed by atoms with Gasteiger partial charge in [-0.05, 0) is 53.8 Å². The maximum atomic E-state index is 13.3. The fourth-order valence-electron chi connectivity index (χ4n) is 4.58. The van der Waals surface area contributed by atoms with Gasteiger partial charge in [0.05, 0.1) is 11.6 Å². The molecule has 7 heteroatoms. The fraction of sp³-hybridized carbons (Fsp3) is 0.194. The van der Waals surface area contributed by atoms with E-state index in [9.17, 15) is 14.7 Å². The lowest BCUT2D eigenvalue weighted by atomic mass is 9.93. The number of aromatic nitrogens is 1. The number of amides is 1. The molecule has 0 saturated carbocycles. The fourth-order valence-corrected chi connectivity index (χ4v) is 5.24. The Balaban J connectivity index is 1.49. The number of thiazole rings is 1. The van der Waals surface area contributed by atoms with Gasteiger partial charge in [-0.15, -0.1) is 11.3 Å². The highest BCUT2D eigenvalue weighted by Crippen LogP contribution is 2.43. The second-order valence-corrected chi connectivity index (χ2v) is 10.5. The van der Waals surface area contributed by atoms with Crippen LogP contribution in [0, 0.1) is 6.92 Å². The van der Waals surface area contributed by atoms with Gasteiger partial charge < -0.3 is 9.84 Å². The number of nitrogens with zero attached hydrogens (tertiary/aromatic N) is 2. The van der Waals surface area contributed by atoms with Gasteiger partial charge in [-0.1, -0.05) is 67.9 Å². The van der Waals surface area contributed by atoms with Crippen molar-refractivity contribution in [3.05, 3.63) is 118 Å². The van der Waals surface area contributed by atoms with E-state index in [1.54, 1.807) is 35.8 Å². The Hall–Kier alpha value is -4.23. The number of anilines is 1. The van der Waals surface area contributed by atoms with E-state index < -0.39 is 17.7 Å². The Labute approximate surface area is 225 Å². The molecule has 4 aromatic rings. The van der Waals surface area contributed by atoms with E-state index in [2.05, 4.69) is 24.9 Å². The molecule has 0 aliphatic carbocycles. The monoisotopic (exact) mass is 524 g/mol. The minimum absolute atomic E-state index is 0.0379. The van der Waals surface area contributed by atoms with Gasteiger partial charge in [-0.25, -0.2) is 4.98 Å². The number of aryl methyl sites for hydroxylation is 1. The van der Waals surface area contributed by atoms with Crippen LogP contribution in [0.1, 0.15) is 53.6 Å². The number of ketones is 1. The van der Waals surface area contributed by atoms with Crippen molar-refractivity contribution in [3.63, 3.8) is 0 Å². The van der Waals surface area contributed by atoms with Crippen LogP contribution in [0.2, 0.25) is 0 Å². The van der Waals surface area contributed by atoms with Crippen LogP contribution in [0.15, 0.2) is 89.9 Å². The maximum absolute atomic E-state index is 13.3. The summed E-state index contributed by atoms with van der Waals surface area (Å²) in [5, 5.41) is 13.5. The molecule has 0 spiro atoms. The van der Waals surface area contributed by atoms with Crippen molar-refractivity contribution in [2.24, 2.45) is 0 Å². The average Bonchev–Trinajstić information content (AvgIpc) is 3.54. The summed E-state index contributed by atoms with van der Waals surface area (Å²) in [5.41, 5.74) is 4.55. The zero-order valence-electron chi connectivity index (χ0n) is 21.4. The second kappa shape index (κ2) is 10.6. The number of hydrogen-bond acceptors (Lipinski definition) is 6. The van der Waals surface area contributed by atoms with Crippen LogP contribution >= 0.6 is 11.3 Å². The van der Waals surface area contributed by atoms with Crippen molar-refractivity contribution in [2.75, 3.05) is 4.90 Å². The molecule has 1 atom stereocenters.